The van der Waals surface area contributed by atoms with Gasteiger partial charge in [-0.25, -0.2) is 0 Å². The molecule has 1 aromatic rings. The third-order valence-corrected chi connectivity index (χ3v) is 1.26. The van der Waals surface area contributed by atoms with Gasteiger partial charge in [0.1, 0.15) is 0 Å². The highest BCUT2D eigenvalue weighted by molar-refractivity contribution is 9.10. The molecule has 1 rings (SSSR count). The molecular weight excluding hydrogens is 243 g/mol. The summed E-state index contributed by atoms with van der Waals surface area (Å²) in [6.45, 7) is 0. The minimum Gasteiger partial charge on any atom is -0.134 e. The summed E-state index contributed by atoms with van der Waals surface area (Å²) in [5, 5.41) is 0. The molecule has 1 aromatic carbocycles. The van der Waals surface area contributed by atoms with Gasteiger partial charge in [0, 0.05) is 9.04 Å². The molecule has 0 fully saturated rings. The Morgan fingerprint density at radius 3 is 1.67 bits per heavy atom. The van der Waals surface area contributed by atoms with Gasteiger partial charge < -0.3 is 0 Å². The molecule has 12 heavy (non-hydrogen) atoms. The summed E-state index contributed by atoms with van der Waals surface area (Å²) in [6, 6.07) is 9.97. The zero-order valence-electron chi connectivity index (χ0n) is 5.51. The van der Waals surface area contributed by atoms with E-state index in [1.54, 1.807) is 0 Å². The summed E-state index contributed by atoms with van der Waals surface area (Å²) in [4.78, 5) is 14.2. The van der Waals surface area contributed by atoms with Crippen LogP contribution in [0.5, 0.6) is 0 Å². The van der Waals surface area contributed by atoms with Gasteiger partial charge >= 0.3 is 8.25 Å². The van der Waals surface area contributed by atoms with E-state index in [4.69, 9.17) is 14.4 Å². The van der Waals surface area contributed by atoms with Crippen molar-refractivity contribution < 1.29 is 14.4 Å². The van der Waals surface area contributed by atoms with Gasteiger partial charge in [0.25, 0.3) is 0 Å². The predicted molar refractivity (Wildman–Crippen MR) is 52.9 cm³/mol. The molecule has 68 valence electrons. The van der Waals surface area contributed by atoms with E-state index < -0.39 is 8.25 Å². The first kappa shape index (κ1) is 14.3. The van der Waals surface area contributed by atoms with Crippen LogP contribution in [-0.2, 0) is 4.57 Å². The zero-order valence-corrected chi connectivity index (χ0v) is 8.00. The first-order valence-electron chi connectivity index (χ1n) is 2.68. The highest BCUT2D eigenvalue weighted by Gasteiger charge is 1.93. The number of halogens is 1. The molecule has 0 heterocycles. The van der Waals surface area contributed by atoms with E-state index in [-0.39, 0.29) is 7.43 Å². The minimum absolute atomic E-state index is 0. The van der Waals surface area contributed by atoms with Crippen LogP contribution < -0.4 is 0 Å². The normalized spacial score (nSPS) is 7.25. The highest BCUT2D eigenvalue weighted by Crippen LogP contribution is 2.05. The lowest BCUT2D eigenvalue weighted by molar-refractivity contribution is 0.405. The van der Waals surface area contributed by atoms with Gasteiger partial charge in [-0.15, -0.1) is 9.79 Å². The molecule has 0 saturated heterocycles. The molecule has 0 aliphatic carbocycles. The number of hydrogen-bond donors (Lipinski definition) is 2. The van der Waals surface area contributed by atoms with Crippen molar-refractivity contribution in [2.45, 2.75) is 7.43 Å². The topological polar surface area (TPSA) is 57.5 Å². The lowest BCUT2D eigenvalue weighted by atomic mass is 10.4. The molecule has 0 aliphatic rings. The Hall–Kier alpha value is -0.280. The predicted octanol–water partition coefficient (Wildman–Crippen LogP) is 2.71. The first-order chi connectivity index (χ1) is 5.13. The third kappa shape index (κ3) is 12.4. The van der Waals surface area contributed by atoms with Crippen LogP contribution in [0.2, 0.25) is 0 Å². The quantitative estimate of drug-likeness (QED) is 0.700. The van der Waals surface area contributed by atoms with Crippen molar-refractivity contribution in [3.63, 3.8) is 0 Å². The lowest BCUT2D eigenvalue weighted by Crippen LogP contribution is -1.55. The number of benzene rings is 1. The molecule has 0 atom stereocenters. The summed E-state index contributed by atoms with van der Waals surface area (Å²) < 4.78 is 9.84. The van der Waals surface area contributed by atoms with Gasteiger partial charge in [0.15, 0.2) is 0 Å². The van der Waals surface area contributed by atoms with E-state index in [2.05, 4.69) is 15.9 Å². The second-order valence-corrected chi connectivity index (χ2v) is 2.97. The maximum absolute atomic E-state index is 8.70. The van der Waals surface area contributed by atoms with Gasteiger partial charge in [-0.2, -0.15) is 0 Å². The largest absolute Gasteiger partial charge is 0.692 e. The highest BCUT2D eigenvalue weighted by atomic mass is 79.9. The van der Waals surface area contributed by atoms with E-state index in [0.29, 0.717) is 0 Å². The Balaban J connectivity index is 0. The van der Waals surface area contributed by atoms with E-state index >= 15 is 0 Å². The van der Waals surface area contributed by atoms with Crippen molar-refractivity contribution in [2.24, 2.45) is 0 Å². The van der Waals surface area contributed by atoms with Crippen molar-refractivity contribution in [3.8, 4) is 0 Å². The van der Waals surface area contributed by atoms with Crippen LogP contribution in [0.15, 0.2) is 34.8 Å². The van der Waals surface area contributed by atoms with E-state index in [9.17, 15) is 0 Å². The van der Waals surface area contributed by atoms with Crippen molar-refractivity contribution in [1.82, 2.24) is 0 Å². The Kier molecular flexibility index (Phi) is 10.5. The summed E-state index contributed by atoms with van der Waals surface area (Å²) in [5.41, 5.74) is 0. The molecule has 2 N–H and O–H groups in total. The molecule has 0 saturated carbocycles. The molecule has 0 unspecified atom stereocenters. The molecule has 0 radical (unpaired) electrons. The van der Waals surface area contributed by atoms with Gasteiger partial charge in [-0.3, -0.25) is 0 Å². The molecule has 3 nitrogen and oxygen atoms in total. The van der Waals surface area contributed by atoms with Gasteiger partial charge in [0.2, 0.25) is 0 Å². The molecule has 5 heteroatoms. The van der Waals surface area contributed by atoms with Gasteiger partial charge in [-0.05, 0) is 12.1 Å². The van der Waals surface area contributed by atoms with E-state index in [1.807, 2.05) is 30.3 Å². The van der Waals surface area contributed by atoms with Crippen LogP contribution in [0.4, 0.5) is 0 Å². The Labute approximate surface area is 81.1 Å². The van der Waals surface area contributed by atoms with Gasteiger partial charge in [0.05, 0.1) is 0 Å². The van der Waals surface area contributed by atoms with Crippen molar-refractivity contribution in [1.29, 1.82) is 0 Å². The van der Waals surface area contributed by atoms with Crippen LogP contribution in [-0.4, -0.2) is 9.79 Å². The van der Waals surface area contributed by atoms with Crippen molar-refractivity contribution in [2.75, 3.05) is 0 Å². The fourth-order valence-electron chi connectivity index (χ4n) is 0.415. The zero-order chi connectivity index (χ0) is 8.69. The van der Waals surface area contributed by atoms with Crippen LogP contribution in [0.25, 0.3) is 0 Å². The maximum atomic E-state index is 8.70. The fourth-order valence-corrected chi connectivity index (χ4v) is 0.720. The Morgan fingerprint density at radius 1 is 1.17 bits per heavy atom. The molecule has 0 aliphatic heterocycles. The average molecular weight is 254 g/mol. The monoisotopic (exact) mass is 253 g/mol. The summed E-state index contributed by atoms with van der Waals surface area (Å²) >= 11 is 3.31. The molecular formula is C7H11BrO3P+. The molecule has 0 aromatic heterocycles. The molecule has 0 bridgehead atoms. The second kappa shape index (κ2) is 8.81. The smallest absolute Gasteiger partial charge is 0.134 e. The van der Waals surface area contributed by atoms with Crippen molar-refractivity contribution >= 4 is 24.2 Å². The third-order valence-electron chi connectivity index (χ3n) is 0.733. The second-order valence-electron chi connectivity index (χ2n) is 1.55. The molecule has 0 amide bonds. The number of rotatable bonds is 0. The van der Waals surface area contributed by atoms with Crippen molar-refractivity contribution in [3.05, 3.63) is 34.8 Å². The molecule has 0 spiro atoms. The van der Waals surface area contributed by atoms with Crippen LogP contribution in [0.3, 0.4) is 0 Å². The minimum atomic E-state index is -2.87. The number of hydrogen-bond acceptors (Lipinski definition) is 1. The maximum Gasteiger partial charge on any atom is 0.692 e. The van der Waals surface area contributed by atoms with E-state index in [1.165, 1.54) is 0 Å². The summed E-state index contributed by atoms with van der Waals surface area (Å²) in [6.07, 6.45) is 0. The SMILES string of the molecule is Brc1ccccc1.C.O=[P+](O)O. The van der Waals surface area contributed by atoms with Gasteiger partial charge in [-0.1, -0.05) is 41.6 Å². The fraction of sp³-hybridized carbons (Fsp3) is 0.143. The lowest BCUT2D eigenvalue weighted by Gasteiger charge is -1.80. The summed E-state index contributed by atoms with van der Waals surface area (Å²) in [7, 11) is -2.87. The standard InChI is InChI=1S/C6H5Br.CH4.HO3P/c7-6-4-2-1-3-5-6;;1-4(2)3/h1-5H;1H4;(H-,1,2,3)/p+1. The summed E-state index contributed by atoms with van der Waals surface area (Å²) in [5.74, 6) is 0. The van der Waals surface area contributed by atoms with Crippen LogP contribution in [0.1, 0.15) is 7.43 Å². The van der Waals surface area contributed by atoms with Crippen LogP contribution >= 0.6 is 24.2 Å². The Morgan fingerprint density at radius 2 is 1.50 bits per heavy atom. The van der Waals surface area contributed by atoms with E-state index in [0.717, 1.165) is 4.47 Å². The average Bonchev–Trinajstić information content (AvgIpc) is 1.87. The van der Waals surface area contributed by atoms with Crippen LogP contribution in [0, 0.1) is 0 Å². The first-order valence-corrected chi connectivity index (χ1v) is 4.64. The Bertz CT molecular complexity index is 211.